The molecule has 4 rings (SSSR count). The van der Waals surface area contributed by atoms with E-state index in [2.05, 4.69) is 9.97 Å². The van der Waals surface area contributed by atoms with Gasteiger partial charge in [0.05, 0.1) is 33.3 Å². The van der Waals surface area contributed by atoms with Crippen molar-refractivity contribution in [2.45, 2.75) is 23.0 Å². The van der Waals surface area contributed by atoms with Gasteiger partial charge in [-0.1, -0.05) is 0 Å². The van der Waals surface area contributed by atoms with Gasteiger partial charge in [-0.25, -0.2) is 15.0 Å². The highest BCUT2D eigenvalue weighted by atomic mass is 32.2. The van der Waals surface area contributed by atoms with Gasteiger partial charge in [-0.05, 0) is 54.1 Å². The molecule has 4 aromatic rings. The molecular formula is C23H25N5O4S. The van der Waals surface area contributed by atoms with E-state index in [0.29, 0.717) is 29.9 Å². The number of anilines is 1. The van der Waals surface area contributed by atoms with Gasteiger partial charge >= 0.3 is 0 Å². The Morgan fingerprint density at radius 2 is 1.61 bits per heavy atom. The molecular weight excluding hydrogens is 442 g/mol. The minimum atomic E-state index is 0.334. The number of fused-ring (bicyclic) bond motifs is 1. The molecule has 0 saturated carbocycles. The molecule has 0 fully saturated rings. The van der Waals surface area contributed by atoms with E-state index in [-0.39, 0.29) is 0 Å². The Bertz CT molecular complexity index is 1260. The number of hydrogen-bond donors (Lipinski definition) is 1. The van der Waals surface area contributed by atoms with Crippen molar-refractivity contribution in [1.82, 2.24) is 19.5 Å². The van der Waals surface area contributed by atoms with Gasteiger partial charge in [0.15, 0.2) is 22.1 Å². The molecule has 0 aliphatic rings. The Labute approximate surface area is 195 Å². The lowest BCUT2D eigenvalue weighted by atomic mass is 10.1. The van der Waals surface area contributed by atoms with Gasteiger partial charge in [0.25, 0.3) is 0 Å². The molecule has 0 aliphatic carbocycles. The number of benzene rings is 2. The van der Waals surface area contributed by atoms with Crippen LogP contribution in [0.25, 0.3) is 11.2 Å². The van der Waals surface area contributed by atoms with Crippen LogP contribution in [0, 0.1) is 0 Å². The fraction of sp³-hybridized carbons (Fsp3) is 0.261. The molecule has 33 heavy (non-hydrogen) atoms. The summed E-state index contributed by atoms with van der Waals surface area (Å²) in [6.07, 6.45) is 2.15. The second-order valence-electron chi connectivity index (χ2n) is 7.07. The highest BCUT2D eigenvalue weighted by molar-refractivity contribution is 7.99. The van der Waals surface area contributed by atoms with Crippen molar-refractivity contribution < 1.29 is 18.9 Å². The third-order valence-electron chi connectivity index (χ3n) is 5.13. The molecule has 0 aliphatic heterocycles. The summed E-state index contributed by atoms with van der Waals surface area (Å²) in [6.45, 7) is 0.609. The molecule has 2 aromatic carbocycles. The van der Waals surface area contributed by atoms with Gasteiger partial charge in [-0.2, -0.15) is 0 Å². The fourth-order valence-electron chi connectivity index (χ4n) is 3.43. The minimum Gasteiger partial charge on any atom is -0.497 e. The first-order valence-corrected chi connectivity index (χ1v) is 11.0. The number of nitrogen functional groups attached to an aromatic ring is 1. The van der Waals surface area contributed by atoms with Crippen molar-refractivity contribution in [2.24, 2.45) is 0 Å². The summed E-state index contributed by atoms with van der Waals surface area (Å²) < 4.78 is 23.8. The average Bonchev–Trinajstić information content (AvgIpc) is 3.20. The zero-order valence-corrected chi connectivity index (χ0v) is 19.7. The van der Waals surface area contributed by atoms with Gasteiger partial charge in [0.2, 0.25) is 0 Å². The number of methoxy groups -OCH3 is 4. The normalized spacial score (nSPS) is 10.9. The van der Waals surface area contributed by atoms with Crippen LogP contribution in [0.5, 0.6) is 23.0 Å². The molecule has 0 bridgehead atoms. The molecule has 10 heteroatoms. The maximum Gasteiger partial charge on any atom is 0.175 e. The van der Waals surface area contributed by atoms with Gasteiger partial charge in [0, 0.05) is 12.6 Å². The van der Waals surface area contributed by atoms with Crippen LogP contribution in [0.3, 0.4) is 0 Å². The molecule has 2 aromatic heterocycles. The van der Waals surface area contributed by atoms with Gasteiger partial charge in [-0.3, -0.25) is 0 Å². The van der Waals surface area contributed by atoms with Gasteiger partial charge in [-0.15, -0.1) is 0 Å². The number of aromatic nitrogens is 4. The SMILES string of the molecule is COc1cc(CCn2c(Sc3cc(OC)ccc3OC)nc3c(N)ncnc32)cc(OC)c1. The summed E-state index contributed by atoms with van der Waals surface area (Å²) in [4.78, 5) is 14.2. The third kappa shape index (κ3) is 4.75. The summed E-state index contributed by atoms with van der Waals surface area (Å²) in [5, 5.41) is 0.721. The minimum absolute atomic E-state index is 0.334. The lowest BCUT2D eigenvalue weighted by Gasteiger charge is -2.12. The summed E-state index contributed by atoms with van der Waals surface area (Å²) in [6, 6.07) is 11.5. The molecule has 172 valence electrons. The van der Waals surface area contributed by atoms with E-state index in [1.165, 1.54) is 18.1 Å². The highest BCUT2D eigenvalue weighted by Gasteiger charge is 2.18. The van der Waals surface area contributed by atoms with Crippen LogP contribution >= 0.6 is 11.8 Å². The number of nitrogens with zero attached hydrogens (tertiary/aromatic N) is 4. The van der Waals surface area contributed by atoms with E-state index >= 15 is 0 Å². The van der Waals surface area contributed by atoms with Gasteiger partial charge < -0.3 is 29.2 Å². The molecule has 0 unspecified atom stereocenters. The second-order valence-corrected chi connectivity index (χ2v) is 8.08. The zero-order valence-electron chi connectivity index (χ0n) is 18.9. The van der Waals surface area contributed by atoms with E-state index in [1.54, 1.807) is 28.4 Å². The molecule has 0 radical (unpaired) electrons. The van der Waals surface area contributed by atoms with E-state index < -0.39 is 0 Å². The highest BCUT2D eigenvalue weighted by Crippen LogP contribution is 2.38. The number of imidazole rings is 1. The van der Waals surface area contributed by atoms with Gasteiger partial charge in [0.1, 0.15) is 29.3 Å². The van der Waals surface area contributed by atoms with E-state index in [4.69, 9.17) is 29.7 Å². The van der Waals surface area contributed by atoms with Crippen molar-refractivity contribution >= 4 is 28.7 Å². The Kier molecular flexibility index (Phi) is 6.74. The number of nitrogens with two attached hydrogens (primary N) is 1. The number of ether oxygens (including phenoxy) is 4. The van der Waals surface area contributed by atoms with Crippen LogP contribution in [0.15, 0.2) is 52.8 Å². The maximum atomic E-state index is 6.10. The van der Waals surface area contributed by atoms with Crippen molar-refractivity contribution in [3.8, 4) is 23.0 Å². The molecule has 2 heterocycles. The number of rotatable bonds is 9. The Morgan fingerprint density at radius 1 is 0.879 bits per heavy atom. The van der Waals surface area contributed by atoms with Crippen LogP contribution in [-0.4, -0.2) is 48.0 Å². The Morgan fingerprint density at radius 3 is 2.27 bits per heavy atom. The van der Waals surface area contributed by atoms with Crippen LogP contribution in [0.4, 0.5) is 5.82 Å². The zero-order chi connectivity index (χ0) is 23.4. The first-order valence-electron chi connectivity index (χ1n) is 10.1. The summed E-state index contributed by atoms with van der Waals surface area (Å²) in [5.41, 5.74) is 8.39. The van der Waals surface area contributed by atoms with E-state index in [1.807, 2.05) is 41.0 Å². The summed E-state index contributed by atoms with van der Waals surface area (Å²) in [7, 11) is 6.54. The second kappa shape index (κ2) is 9.86. The van der Waals surface area contributed by atoms with E-state index in [9.17, 15) is 0 Å². The molecule has 9 nitrogen and oxygen atoms in total. The maximum absolute atomic E-state index is 6.10. The standard InChI is InChI=1S/C23H25N5O4S/c1-29-15-5-6-18(32-4)19(12-15)33-23-27-20-21(24)25-13-26-22(20)28(23)8-7-14-9-16(30-2)11-17(10-14)31-3/h5-6,9-13H,7-8H2,1-4H3,(H2,24,25,26). The lowest BCUT2D eigenvalue weighted by molar-refractivity contribution is 0.393. The fourth-order valence-corrected chi connectivity index (χ4v) is 4.48. The predicted molar refractivity (Wildman–Crippen MR) is 127 cm³/mol. The Hall–Kier alpha value is -3.66. The topological polar surface area (TPSA) is 107 Å². The molecule has 0 spiro atoms. The summed E-state index contributed by atoms with van der Waals surface area (Å²) >= 11 is 1.45. The van der Waals surface area contributed by atoms with Crippen molar-refractivity contribution in [2.75, 3.05) is 34.2 Å². The van der Waals surface area contributed by atoms with Crippen molar-refractivity contribution in [1.29, 1.82) is 0 Å². The van der Waals surface area contributed by atoms with Crippen LogP contribution in [0.1, 0.15) is 5.56 Å². The molecule has 0 amide bonds. The first kappa shape index (κ1) is 22.5. The number of hydrogen-bond acceptors (Lipinski definition) is 9. The van der Waals surface area contributed by atoms with Crippen LogP contribution in [0.2, 0.25) is 0 Å². The van der Waals surface area contributed by atoms with Crippen molar-refractivity contribution in [3.05, 3.63) is 48.3 Å². The largest absolute Gasteiger partial charge is 0.497 e. The molecule has 0 saturated heterocycles. The monoisotopic (exact) mass is 467 g/mol. The van der Waals surface area contributed by atoms with Crippen molar-refractivity contribution in [3.63, 3.8) is 0 Å². The number of aryl methyl sites for hydroxylation is 2. The summed E-state index contributed by atoms with van der Waals surface area (Å²) in [5.74, 6) is 3.25. The smallest absolute Gasteiger partial charge is 0.175 e. The third-order valence-corrected chi connectivity index (χ3v) is 6.17. The van der Waals surface area contributed by atoms with Crippen LogP contribution in [-0.2, 0) is 13.0 Å². The average molecular weight is 468 g/mol. The first-order chi connectivity index (χ1) is 16.1. The quantitative estimate of drug-likeness (QED) is 0.393. The molecule has 0 atom stereocenters. The van der Waals surface area contributed by atoms with E-state index in [0.717, 1.165) is 38.6 Å². The Balaban J connectivity index is 1.73. The predicted octanol–water partition coefficient (Wildman–Crippen LogP) is 3.84. The lowest BCUT2D eigenvalue weighted by Crippen LogP contribution is -2.05. The van der Waals surface area contributed by atoms with Crippen LogP contribution < -0.4 is 24.7 Å². The molecule has 2 N–H and O–H groups in total.